The van der Waals surface area contributed by atoms with E-state index in [1.807, 2.05) is 30.3 Å². The highest BCUT2D eigenvalue weighted by Gasteiger charge is 2.11. The van der Waals surface area contributed by atoms with Crippen LogP contribution in [0.15, 0.2) is 45.7 Å². The fourth-order valence-electron chi connectivity index (χ4n) is 2.22. The van der Waals surface area contributed by atoms with E-state index >= 15 is 0 Å². The molecule has 1 N–H and O–H groups in total. The Morgan fingerprint density at radius 2 is 1.89 bits per heavy atom. The fraction of sp³-hybridized carbons (Fsp3) is 0.0714. The number of aromatic nitrogens is 1. The quantitative estimate of drug-likeness (QED) is 0.700. The molecule has 0 radical (unpaired) electrons. The molecule has 4 heteroatoms. The van der Waals surface area contributed by atoms with Crippen LogP contribution in [0.1, 0.15) is 0 Å². The summed E-state index contributed by atoms with van der Waals surface area (Å²) in [5.41, 5.74) is 0.695. The molecule has 0 fully saturated rings. The van der Waals surface area contributed by atoms with Crippen molar-refractivity contribution in [2.75, 3.05) is 7.11 Å². The molecule has 0 aliphatic heterocycles. The second-order valence-corrected chi connectivity index (χ2v) is 4.85. The molecule has 90 valence electrons. The van der Waals surface area contributed by atoms with Crippen LogP contribution in [-0.4, -0.2) is 12.1 Å². The van der Waals surface area contributed by atoms with Crippen LogP contribution in [0.4, 0.5) is 0 Å². The van der Waals surface area contributed by atoms with E-state index in [9.17, 15) is 4.79 Å². The standard InChI is InChI=1S/C14H10BrNO2/c1-18-11-7-2-4-8-12(11)13-9(15)5-3-6-10(13)16-14(8)17/h2-7H,1H3,(H,16,17). The van der Waals surface area contributed by atoms with Gasteiger partial charge in [0.1, 0.15) is 5.75 Å². The van der Waals surface area contributed by atoms with Gasteiger partial charge >= 0.3 is 0 Å². The first kappa shape index (κ1) is 11.3. The molecular weight excluding hydrogens is 294 g/mol. The minimum atomic E-state index is -0.102. The number of rotatable bonds is 1. The molecule has 3 rings (SSSR count). The van der Waals surface area contributed by atoms with Gasteiger partial charge in [-0.1, -0.05) is 28.1 Å². The van der Waals surface area contributed by atoms with E-state index in [4.69, 9.17) is 4.74 Å². The van der Waals surface area contributed by atoms with Crippen LogP contribution in [0.25, 0.3) is 21.7 Å². The third-order valence-electron chi connectivity index (χ3n) is 3.00. The van der Waals surface area contributed by atoms with Gasteiger partial charge in [-0.15, -0.1) is 0 Å². The van der Waals surface area contributed by atoms with Crippen molar-refractivity contribution in [1.29, 1.82) is 0 Å². The Morgan fingerprint density at radius 1 is 1.11 bits per heavy atom. The second-order valence-electron chi connectivity index (χ2n) is 4.00. The first-order valence-electron chi connectivity index (χ1n) is 5.49. The highest BCUT2D eigenvalue weighted by molar-refractivity contribution is 9.10. The summed E-state index contributed by atoms with van der Waals surface area (Å²) in [6.45, 7) is 0. The van der Waals surface area contributed by atoms with Gasteiger partial charge in [0.15, 0.2) is 0 Å². The Morgan fingerprint density at radius 3 is 2.67 bits per heavy atom. The minimum Gasteiger partial charge on any atom is -0.496 e. The molecule has 0 saturated heterocycles. The molecule has 0 aliphatic rings. The van der Waals surface area contributed by atoms with Gasteiger partial charge in [-0.05, 0) is 24.3 Å². The molecule has 18 heavy (non-hydrogen) atoms. The van der Waals surface area contributed by atoms with Crippen LogP contribution in [0.2, 0.25) is 0 Å². The zero-order valence-electron chi connectivity index (χ0n) is 9.66. The van der Waals surface area contributed by atoms with Gasteiger partial charge in [-0.3, -0.25) is 4.79 Å². The monoisotopic (exact) mass is 303 g/mol. The number of aromatic amines is 1. The largest absolute Gasteiger partial charge is 0.496 e. The Bertz CT molecular complexity index is 808. The minimum absolute atomic E-state index is 0.102. The molecule has 0 bridgehead atoms. The summed E-state index contributed by atoms with van der Waals surface area (Å²) in [4.78, 5) is 14.9. The van der Waals surface area contributed by atoms with E-state index in [1.165, 1.54) is 0 Å². The number of H-pyrrole nitrogens is 1. The maximum atomic E-state index is 12.0. The van der Waals surface area contributed by atoms with Gasteiger partial charge in [0.2, 0.25) is 0 Å². The maximum absolute atomic E-state index is 12.0. The summed E-state index contributed by atoms with van der Waals surface area (Å²) >= 11 is 3.53. The molecular formula is C14H10BrNO2. The van der Waals surface area contributed by atoms with Crippen molar-refractivity contribution in [3.63, 3.8) is 0 Å². The molecule has 0 amide bonds. The second kappa shape index (κ2) is 4.14. The smallest absolute Gasteiger partial charge is 0.256 e. The van der Waals surface area contributed by atoms with Crippen molar-refractivity contribution in [2.24, 2.45) is 0 Å². The number of methoxy groups -OCH3 is 1. The van der Waals surface area contributed by atoms with Crippen molar-refractivity contribution in [2.45, 2.75) is 0 Å². The predicted molar refractivity (Wildman–Crippen MR) is 76.3 cm³/mol. The summed E-state index contributed by atoms with van der Waals surface area (Å²) in [5, 5.41) is 2.43. The third kappa shape index (κ3) is 1.53. The molecule has 0 spiro atoms. The highest BCUT2D eigenvalue weighted by Crippen LogP contribution is 2.34. The normalized spacial score (nSPS) is 11.0. The number of nitrogens with one attached hydrogen (secondary N) is 1. The summed E-state index contributed by atoms with van der Waals surface area (Å²) in [5.74, 6) is 0.704. The maximum Gasteiger partial charge on any atom is 0.256 e. The molecule has 0 aliphatic carbocycles. The lowest BCUT2D eigenvalue weighted by atomic mass is 10.1. The number of benzene rings is 2. The number of fused-ring (bicyclic) bond motifs is 3. The summed E-state index contributed by atoms with van der Waals surface area (Å²) < 4.78 is 6.31. The molecule has 3 aromatic rings. The van der Waals surface area contributed by atoms with Gasteiger partial charge in [-0.2, -0.15) is 0 Å². The van der Waals surface area contributed by atoms with Crippen LogP contribution in [0.3, 0.4) is 0 Å². The number of halogens is 1. The van der Waals surface area contributed by atoms with Crippen molar-refractivity contribution < 1.29 is 4.74 Å². The van der Waals surface area contributed by atoms with E-state index in [0.29, 0.717) is 11.1 Å². The summed E-state index contributed by atoms with van der Waals surface area (Å²) in [7, 11) is 1.61. The van der Waals surface area contributed by atoms with Gasteiger partial charge in [0.25, 0.3) is 5.56 Å². The molecule has 2 aromatic carbocycles. The van der Waals surface area contributed by atoms with Gasteiger partial charge in [0, 0.05) is 15.2 Å². The number of hydrogen-bond donors (Lipinski definition) is 1. The number of hydrogen-bond acceptors (Lipinski definition) is 2. The van der Waals surface area contributed by atoms with Crippen LogP contribution >= 0.6 is 15.9 Å². The van der Waals surface area contributed by atoms with Crippen LogP contribution in [0, 0.1) is 0 Å². The number of pyridine rings is 1. The average Bonchev–Trinajstić information content (AvgIpc) is 2.38. The van der Waals surface area contributed by atoms with Crippen molar-refractivity contribution in [1.82, 2.24) is 4.98 Å². The van der Waals surface area contributed by atoms with E-state index in [1.54, 1.807) is 13.2 Å². The molecule has 0 saturated carbocycles. The van der Waals surface area contributed by atoms with Crippen LogP contribution in [0.5, 0.6) is 5.75 Å². The first-order valence-corrected chi connectivity index (χ1v) is 6.29. The summed E-state index contributed by atoms with van der Waals surface area (Å²) in [6.07, 6.45) is 0. The Kier molecular flexibility index (Phi) is 2.59. The van der Waals surface area contributed by atoms with E-state index in [-0.39, 0.29) is 5.56 Å². The van der Waals surface area contributed by atoms with Crippen LogP contribution in [-0.2, 0) is 0 Å². The molecule has 1 heterocycles. The van der Waals surface area contributed by atoms with Gasteiger partial charge in [0.05, 0.1) is 18.0 Å². The third-order valence-corrected chi connectivity index (χ3v) is 3.66. The molecule has 3 nitrogen and oxygen atoms in total. The molecule has 0 unspecified atom stereocenters. The first-order chi connectivity index (χ1) is 8.72. The van der Waals surface area contributed by atoms with E-state index < -0.39 is 0 Å². The topological polar surface area (TPSA) is 42.1 Å². The van der Waals surface area contributed by atoms with Gasteiger partial charge in [-0.25, -0.2) is 0 Å². The lowest BCUT2D eigenvalue weighted by Gasteiger charge is -2.09. The average molecular weight is 304 g/mol. The Labute approximate surface area is 112 Å². The zero-order valence-corrected chi connectivity index (χ0v) is 11.2. The predicted octanol–water partition coefficient (Wildman–Crippen LogP) is 3.45. The lowest BCUT2D eigenvalue weighted by molar-refractivity contribution is 0.420. The van der Waals surface area contributed by atoms with Crippen LogP contribution < -0.4 is 10.3 Å². The van der Waals surface area contributed by atoms with Gasteiger partial charge < -0.3 is 9.72 Å². The SMILES string of the molecule is COc1cccc2c(=O)[nH]c3cccc(Br)c3c12. The Hall–Kier alpha value is -1.81. The van der Waals surface area contributed by atoms with Crippen molar-refractivity contribution in [3.05, 3.63) is 51.2 Å². The highest BCUT2D eigenvalue weighted by atomic mass is 79.9. The lowest BCUT2D eigenvalue weighted by Crippen LogP contribution is -2.07. The Balaban J connectivity index is 2.70. The molecule has 1 aromatic heterocycles. The van der Waals surface area contributed by atoms with Crippen molar-refractivity contribution >= 4 is 37.6 Å². The zero-order chi connectivity index (χ0) is 12.7. The molecule has 0 atom stereocenters. The van der Waals surface area contributed by atoms with E-state index in [0.717, 1.165) is 20.8 Å². The van der Waals surface area contributed by atoms with Crippen molar-refractivity contribution in [3.8, 4) is 5.75 Å². The fourth-order valence-corrected chi connectivity index (χ4v) is 2.78. The number of ether oxygens (including phenoxy) is 1. The van der Waals surface area contributed by atoms with E-state index in [2.05, 4.69) is 20.9 Å². The summed E-state index contributed by atoms with van der Waals surface area (Å²) in [6, 6.07) is 11.2.